The highest BCUT2D eigenvalue weighted by molar-refractivity contribution is 6.09. The van der Waals surface area contributed by atoms with Crippen LogP contribution in [-0.4, -0.2) is 9.55 Å². The number of aryl methyl sites for hydroxylation is 1. The maximum atomic E-state index is 4.95. The summed E-state index contributed by atoms with van der Waals surface area (Å²) in [4.78, 5) is 4.95. The number of hydrogen-bond acceptors (Lipinski definition) is 1. The van der Waals surface area contributed by atoms with Gasteiger partial charge in [0, 0.05) is 39.8 Å². The molecule has 0 bridgehead atoms. The Kier molecular flexibility index (Phi) is 2.57. The van der Waals surface area contributed by atoms with Gasteiger partial charge in [-0.25, -0.2) is 4.98 Å². The van der Waals surface area contributed by atoms with Crippen LogP contribution in [0.2, 0.25) is 0 Å². The molecule has 2 heterocycles. The van der Waals surface area contributed by atoms with Gasteiger partial charge in [0.05, 0.1) is 11.2 Å². The lowest BCUT2D eigenvalue weighted by Crippen LogP contribution is -1.90. The molecule has 122 valence electrons. The van der Waals surface area contributed by atoms with E-state index in [2.05, 4.69) is 90.5 Å². The number of rotatable bonds is 1. The fourth-order valence-electron chi connectivity index (χ4n) is 4.26. The molecular formula is C24H16N2. The summed E-state index contributed by atoms with van der Waals surface area (Å²) >= 11 is 0. The minimum atomic E-state index is 1.03. The second-order valence-corrected chi connectivity index (χ2v) is 6.98. The van der Waals surface area contributed by atoms with Gasteiger partial charge in [0.2, 0.25) is 0 Å². The molecule has 0 atom stereocenters. The Morgan fingerprint density at radius 1 is 0.731 bits per heavy atom. The van der Waals surface area contributed by atoms with Gasteiger partial charge in [-0.1, -0.05) is 54.6 Å². The van der Waals surface area contributed by atoms with E-state index in [1.54, 1.807) is 0 Å². The van der Waals surface area contributed by atoms with Crippen molar-refractivity contribution < 1.29 is 0 Å². The molecule has 0 saturated carbocycles. The van der Waals surface area contributed by atoms with Gasteiger partial charge in [0.1, 0.15) is 0 Å². The van der Waals surface area contributed by atoms with Crippen molar-refractivity contribution in [3.8, 4) is 11.3 Å². The molecule has 3 aromatic carbocycles. The monoisotopic (exact) mass is 332 g/mol. The lowest BCUT2D eigenvalue weighted by Gasteiger charge is -2.07. The Hall–Kier alpha value is -3.39. The molecule has 0 amide bonds. The van der Waals surface area contributed by atoms with E-state index in [9.17, 15) is 0 Å². The van der Waals surface area contributed by atoms with Crippen molar-refractivity contribution in [2.45, 2.75) is 0 Å². The van der Waals surface area contributed by atoms with Crippen molar-refractivity contribution in [3.05, 3.63) is 77.9 Å². The van der Waals surface area contributed by atoms with Crippen LogP contribution in [0, 0.1) is 0 Å². The lowest BCUT2D eigenvalue weighted by atomic mass is 10.0. The van der Waals surface area contributed by atoms with Crippen molar-refractivity contribution in [3.63, 3.8) is 0 Å². The van der Waals surface area contributed by atoms with Gasteiger partial charge in [-0.15, -0.1) is 0 Å². The first-order valence-electron chi connectivity index (χ1n) is 8.89. The maximum absolute atomic E-state index is 4.95. The standard InChI is InChI=1S/C24H16N2/c1-26-22-8-3-2-6-18(22)19-12-11-16(14-23(19)26)21-13-17-10-9-15-5-4-7-20(25-21)24(15)17/h2-14H,1H3. The number of para-hydroxylation sites is 1. The summed E-state index contributed by atoms with van der Waals surface area (Å²) in [6.45, 7) is 0. The van der Waals surface area contributed by atoms with Crippen LogP contribution in [0.3, 0.4) is 0 Å². The van der Waals surface area contributed by atoms with Crippen LogP contribution >= 0.6 is 0 Å². The summed E-state index contributed by atoms with van der Waals surface area (Å²) in [5.74, 6) is 0. The van der Waals surface area contributed by atoms with Gasteiger partial charge in [-0.3, -0.25) is 0 Å². The van der Waals surface area contributed by atoms with E-state index >= 15 is 0 Å². The van der Waals surface area contributed by atoms with Crippen LogP contribution in [0.4, 0.5) is 0 Å². The van der Waals surface area contributed by atoms with Crippen LogP contribution in [0.5, 0.6) is 0 Å². The van der Waals surface area contributed by atoms with Gasteiger partial charge in [0.25, 0.3) is 0 Å². The van der Waals surface area contributed by atoms with E-state index in [0.717, 1.165) is 16.8 Å². The third-order valence-electron chi connectivity index (χ3n) is 5.55. The van der Waals surface area contributed by atoms with Crippen molar-refractivity contribution in [2.75, 3.05) is 0 Å². The summed E-state index contributed by atoms with van der Waals surface area (Å²) in [5, 5.41) is 3.86. The molecule has 1 aliphatic rings. The van der Waals surface area contributed by atoms with Crippen LogP contribution in [0.25, 0.3) is 56.1 Å². The first-order chi connectivity index (χ1) is 12.8. The fourth-order valence-corrected chi connectivity index (χ4v) is 4.26. The zero-order valence-electron chi connectivity index (χ0n) is 14.4. The predicted molar refractivity (Wildman–Crippen MR) is 110 cm³/mol. The van der Waals surface area contributed by atoms with Crippen LogP contribution in [0.15, 0.2) is 66.7 Å². The molecule has 6 rings (SSSR count). The van der Waals surface area contributed by atoms with E-state index in [1.807, 2.05) is 0 Å². The van der Waals surface area contributed by atoms with Gasteiger partial charge in [-0.2, -0.15) is 0 Å². The number of nitrogens with zero attached hydrogens (tertiary/aromatic N) is 2. The predicted octanol–water partition coefficient (Wildman–Crippen LogP) is 6.03. The van der Waals surface area contributed by atoms with E-state index in [0.29, 0.717) is 0 Å². The third-order valence-corrected chi connectivity index (χ3v) is 5.55. The van der Waals surface area contributed by atoms with Crippen molar-refractivity contribution in [1.29, 1.82) is 0 Å². The van der Waals surface area contributed by atoms with Crippen LogP contribution in [-0.2, 0) is 7.05 Å². The van der Waals surface area contributed by atoms with E-state index < -0.39 is 0 Å². The molecule has 2 nitrogen and oxygen atoms in total. The first kappa shape index (κ1) is 13.9. The Morgan fingerprint density at radius 3 is 2.54 bits per heavy atom. The molecule has 26 heavy (non-hydrogen) atoms. The molecule has 2 aromatic heterocycles. The summed E-state index contributed by atoms with van der Waals surface area (Å²) in [5.41, 5.74) is 8.29. The van der Waals surface area contributed by atoms with Gasteiger partial charge < -0.3 is 4.57 Å². The Morgan fingerprint density at radius 2 is 1.58 bits per heavy atom. The molecule has 5 aromatic rings. The topological polar surface area (TPSA) is 17.8 Å². The highest BCUT2D eigenvalue weighted by Gasteiger charge is 2.14. The van der Waals surface area contributed by atoms with E-state index in [1.165, 1.54) is 38.3 Å². The number of pyridine rings is 1. The molecular weight excluding hydrogens is 316 g/mol. The number of benzene rings is 3. The minimum Gasteiger partial charge on any atom is -0.344 e. The summed E-state index contributed by atoms with van der Waals surface area (Å²) in [6, 6.07) is 23.8. The molecule has 1 aliphatic carbocycles. The molecule has 0 N–H and O–H groups in total. The third kappa shape index (κ3) is 1.73. The van der Waals surface area contributed by atoms with Crippen molar-refractivity contribution >= 4 is 44.9 Å². The molecule has 0 unspecified atom stereocenters. The van der Waals surface area contributed by atoms with Gasteiger partial charge >= 0.3 is 0 Å². The first-order valence-corrected chi connectivity index (χ1v) is 8.89. The minimum absolute atomic E-state index is 1.03. The number of fused-ring (bicyclic) bond motifs is 3. The summed E-state index contributed by atoms with van der Waals surface area (Å²) in [7, 11) is 2.14. The largest absolute Gasteiger partial charge is 0.344 e. The molecule has 0 fully saturated rings. The number of hydrogen-bond donors (Lipinski definition) is 0. The second-order valence-electron chi connectivity index (χ2n) is 6.98. The van der Waals surface area contributed by atoms with E-state index in [-0.39, 0.29) is 0 Å². The normalized spacial score (nSPS) is 12.7. The number of aromatic nitrogens is 2. The molecule has 0 saturated heterocycles. The SMILES string of the molecule is Cn1c2ccccc2c2ccc(-c3cc4c5c(cccc5n3)C=C4)cc21. The highest BCUT2D eigenvalue weighted by atomic mass is 14.9. The molecule has 2 heteroatoms. The zero-order chi connectivity index (χ0) is 17.3. The molecule has 0 aliphatic heterocycles. The maximum Gasteiger partial charge on any atom is 0.0721 e. The lowest BCUT2D eigenvalue weighted by molar-refractivity contribution is 1.01. The van der Waals surface area contributed by atoms with Crippen molar-refractivity contribution in [2.24, 2.45) is 7.05 Å². The molecule has 0 spiro atoms. The summed E-state index contributed by atoms with van der Waals surface area (Å²) in [6.07, 6.45) is 4.37. The van der Waals surface area contributed by atoms with Crippen LogP contribution in [0.1, 0.15) is 11.1 Å². The van der Waals surface area contributed by atoms with E-state index in [4.69, 9.17) is 4.98 Å². The smallest absolute Gasteiger partial charge is 0.0721 e. The quantitative estimate of drug-likeness (QED) is 0.359. The van der Waals surface area contributed by atoms with Crippen molar-refractivity contribution in [1.82, 2.24) is 9.55 Å². The van der Waals surface area contributed by atoms with Gasteiger partial charge in [-0.05, 0) is 35.4 Å². The average molecular weight is 332 g/mol. The summed E-state index contributed by atoms with van der Waals surface area (Å²) < 4.78 is 2.27. The average Bonchev–Trinajstić information content (AvgIpc) is 3.23. The second kappa shape index (κ2) is 4.83. The fraction of sp³-hybridized carbons (Fsp3) is 0.0417. The highest BCUT2D eigenvalue weighted by Crippen LogP contribution is 2.35. The molecule has 0 radical (unpaired) electrons. The Labute approximate surface area is 151 Å². The Balaban J connectivity index is 1.64. The van der Waals surface area contributed by atoms with Crippen LogP contribution < -0.4 is 0 Å². The Bertz CT molecular complexity index is 1390. The zero-order valence-corrected chi connectivity index (χ0v) is 14.4. The van der Waals surface area contributed by atoms with Gasteiger partial charge in [0.15, 0.2) is 0 Å².